The molecule has 1 aromatic heterocycles. The Kier molecular flexibility index (Phi) is 3.23. The minimum Gasteiger partial charge on any atom is -0.309 e. The predicted octanol–water partition coefficient (Wildman–Crippen LogP) is 1.24. The first-order chi connectivity index (χ1) is 5.68. The second-order valence-corrected chi connectivity index (χ2v) is 3.14. The van der Waals surface area contributed by atoms with Gasteiger partial charge in [-0.1, -0.05) is 0 Å². The lowest BCUT2D eigenvalue weighted by Crippen LogP contribution is -2.15. The van der Waals surface area contributed by atoms with E-state index in [0.717, 1.165) is 13.0 Å². The zero-order valence-electron chi connectivity index (χ0n) is 7.62. The van der Waals surface area contributed by atoms with Crippen LogP contribution in [0.25, 0.3) is 0 Å². The van der Waals surface area contributed by atoms with Crippen molar-refractivity contribution < 1.29 is 0 Å². The molecule has 1 rings (SSSR count). The van der Waals surface area contributed by atoms with Crippen molar-refractivity contribution in [2.24, 2.45) is 0 Å². The summed E-state index contributed by atoms with van der Waals surface area (Å²) < 4.78 is 0. The molecule has 0 spiro atoms. The first kappa shape index (κ1) is 9.20. The molecule has 64 valence electrons. The van der Waals surface area contributed by atoms with Crippen molar-refractivity contribution in [1.29, 1.82) is 0 Å². The van der Waals surface area contributed by atoms with Crippen LogP contribution in [-0.2, 0) is 6.42 Å². The lowest BCUT2D eigenvalue weighted by atomic mass is 10.2. The number of nitrogens with zero attached hydrogens (tertiary/aromatic N) is 2. The average molecular weight is 162 g/mol. The van der Waals surface area contributed by atoms with Crippen LogP contribution in [0.3, 0.4) is 0 Å². The highest BCUT2D eigenvalue weighted by molar-refractivity contribution is 5.18. The van der Waals surface area contributed by atoms with Gasteiger partial charge < -0.3 is 4.90 Å². The number of likely N-dealkylation sites (N-methyl/N-ethyl adjacent to an activating group) is 1. The van der Waals surface area contributed by atoms with E-state index in [1.54, 1.807) is 6.20 Å². The zero-order valence-corrected chi connectivity index (χ0v) is 7.62. The minimum atomic E-state index is 0.603. The first-order valence-corrected chi connectivity index (χ1v) is 4.03. The van der Waals surface area contributed by atoms with Crippen LogP contribution in [0.1, 0.15) is 11.3 Å². The van der Waals surface area contributed by atoms with Crippen molar-refractivity contribution >= 4 is 0 Å². The maximum atomic E-state index is 5.54. The molecule has 0 aliphatic heterocycles. The molecular formula is C10H14N2. The molecular weight excluding hydrogens is 148 g/mol. The van der Waals surface area contributed by atoms with Crippen LogP contribution in [0, 0.1) is 6.92 Å². The lowest BCUT2D eigenvalue weighted by Gasteiger charge is -2.08. The van der Waals surface area contributed by atoms with Crippen molar-refractivity contribution in [2.45, 2.75) is 6.42 Å². The summed E-state index contributed by atoms with van der Waals surface area (Å²) in [6, 6.07) is 3.92. The summed E-state index contributed by atoms with van der Waals surface area (Å²) in [6.45, 7) is 6.59. The Labute approximate surface area is 74.2 Å². The van der Waals surface area contributed by atoms with Gasteiger partial charge in [0.2, 0.25) is 0 Å². The first-order valence-electron chi connectivity index (χ1n) is 4.03. The van der Waals surface area contributed by atoms with Crippen molar-refractivity contribution in [2.75, 3.05) is 20.6 Å². The van der Waals surface area contributed by atoms with E-state index in [1.165, 1.54) is 5.56 Å². The van der Waals surface area contributed by atoms with Crippen molar-refractivity contribution in [3.63, 3.8) is 0 Å². The third-order valence-corrected chi connectivity index (χ3v) is 1.69. The molecule has 12 heavy (non-hydrogen) atoms. The Morgan fingerprint density at radius 2 is 2.25 bits per heavy atom. The standard InChI is InChI=1S/C10H14N2/c1-9-8-10(4-6-11-9)5-7-12(2)3/h1,4,6,8H,5,7H2,2-3H3. The van der Waals surface area contributed by atoms with Gasteiger partial charge in [-0.05, 0) is 38.2 Å². The van der Waals surface area contributed by atoms with Crippen molar-refractivity contribution in [3.05, 3.63) is 36.5 Å². The summed E-state index contributed by atoms with van der Waals surface area (Å²) in [4.78, 5) is 6.08. The molecule has 0 N–H and O–H groups in total. The molecule has 1 heterocycles. The summed E-state index contributed by atoms with van der Waals surface area (Å²) in [5.74, 6) is 0. The van der Waals surface area contributed by atoms with Crippen LogP contribution in [0.15, 0.2) is 18.3 Å². The average Bonchev–Trinajstić information content (AvgIpc) is 2.01. The van der Waals surface area contributed by atoms with Crippen molar-refractivity contribution in [3.8, 4) is 0 Å². The van der Waals surface area contributed by atoms with Gasteiger partial charge in [0.25, 0.3) is 0 Å². The van der Waals surface area contributed by atoms with E-state index >= 15 is 0 Å². The molecule has 2 nitrogen and oxygen atoms in total. The smallest absolute Gasteiger partial charge is 0.0451 e. The SMILES string of the molecule is [CH]c1cc(CCN(C)C)ccn1. The molecule has 0 atom stereocenters. The lowest BCUT2D eigenvalue weighted by molar-refractivity contribution is 0.413. The van der Waals surface area contributed by atoms with Crippen LogP contribution in [-0.4, -0.2) is 30.5 Å². The van der Waals surface area contributed by atoms with Gasteiger partial charge in [0.1, 0.15) is 0 Å². The molecule has 2 heteroatoms. The van der Waals surface area contributed by atoms with Crippen LogP contribution in [0.4, 0.5) is 0 Å². The number of hydrogen-bond acceptors (Lipinski definition) is 2. The van der Waals surface area contributed by atoms with Gasteiger partial charge >= 0.3 is 0 Å². The maximum absolute atomic E-state index is 5.54. The Morgan fingerprint density at radius 1 is 1.50 bits per heavy atom. The van der Waals surface area contributed by atoms with E-state index in [-0.39, 0.29) is 0 Å². The second-order valence-electron chi connectivity index (χ2n) is 3.14. The highest BCUT2D eigenvalue weighted by Gasteiger charge is 1.94. The van der Waals surface area contributed by atoms with Gasteiger partial charge in [-0.25, -0.2) is 0 Å². The van der Waals surface area contributed by atoms with Gasteiger partial charge in [0, 0.05) is 25.4 Å². The van der Waals surface area contributed by atoms with Gasteiger partial charge in [0.05, 0.1) is 0 Å². The van der Waals surface area contributed by atoms with E-state index in [2.05, 4.69) is 24.0 Å². The third-order valence-electron chi connectivity index (χ3n) is 1.69. The molecule has 1 aromatic rings. The van der Waals surface area contributed by atoms with Crippen LogP contribution in [0.2, 0.25) is 0 Å². The number of aromatic nitrogens is 1. The molecule has 0 saturated carbocycles. The Bertz CT molecular complexity index is 243. The van der Waals surface area contributed by atoms with Crippen LogP contribution >= 0.6 is 0 Å². The van der Waals surface area contributed by atoms with Gasteiger partial charge in [-0.15, -0.1) is 0 Å². The van der Waals surface area contributed by atoms with E-state index < -0.39 is 0 Å². The molecule has 0 amide bonds. The number of hydrogen-bond donors (Lipinski definition) is 0. The summed E-state index contributed by atoms with van der Waals surface area (Å²) in [6.07, 6.45) is 2.78. The fraction of sp³-hybridized carbons (Fsp3) is 0.400. The minimum absolute atomic E-state index is 0.603. The Morgan fingerprint density at radius 3 is 2.83 bits per heavy atom. The van der Waals surface area contributed by atoms with Crippen molar-refractivity contribution in [1.82, 2.24) is 9.88 Å². The number of pyridine rings is 1. The Hall–Kier alpha value is -0.890. The monoisotopic (exact) mass is 162 g/mol. The summed E-state index contributed by atoms with van der Waals surface area (Å²) in [5, 5.41) is 0. The largest absolute Gasteiger partial charge is 0.309 e. The topological polar surface area (TPSA) is 16.1 Å². The molecule has 2 radical (unpaired) electrons. The summed E-state index contributed by atoms with van der Waals surface area (Å²) in [7, 11) is 4.12. The second kappa shape index (κ2) is 4.21. The summed E-state index contributed by atoms with van der Waals surface area (Å²) >= 11 is 0. The van der Waals surface area contributed by atoms with E-state index in [0.29, 0.717) is 5.69 Å². The fourth-order valence-corrected chi connectivity index (χ4v) is 1.00. The van der Waals surface area contributed by atoms with E-state index in [4.69, 9.17) is 6.92 Å². The van der Waals surface area contributed by atoms with Gasteiger partial charge in [-0.2, -0.15) is 0 Å². The fourth-order valence-electron chi connectivity index (χ4n) is 1.00. The van der Waals surface area contributed by atoms with E-state index in [9.17, 15) is 0 Å². The Balaban J connectivity index is 2.52. The molecule has 0 unspecified atom stereocenters. The molecule has 0 bridgehead atoms. The molecule has 0 aromatic carbocycles. The quantitative estimate of drug-likeness (QED) is 0.665. The van der Waals surface area contributed by atoms with Crippen LogP contribution < -0.4 is 0 Å². The molecule has 0 fully saturated rings. The zero-order chi connectivity index (χ0) is 8.97. The highest BCUT2D eigenvalue weighted by atomic mass is 15.0. The highest BCUT2D eigenvalue weighted by Crippen LogP contribution is 2.01. The predicted molar refractivity (Wildman–Crippen MR) is 49.9 cm³/mol. The molecule has 0 aliphatic carbocycles. The molecule has 0 aliphatic rings. The van der Waals surface area contributed by atoms with E-state index in [1.807, 2.05) is 12.1 Å². The molecule has 0 saturated heterocycles. The van der Waals surface area contributed by atoms with Gasteiger partial charge in [-0.3, -0.25) is 4.98 Å². The normalized spacial score (nSPS) is 10.7. The maximum Gasteiger partial charge on any atom is 0.0451 e. The summed E-state index contributed by atoms with van der Waals surface area (Å²) in [5.41, 5.74) is 1.85. The van der Waals surface area contributed by atoms with Gasteiger partial charge in [0.15, 0.2) is 0 Å². The third kappa shape index (κ3) is 3.01. The number of rotatable bonds is 3. The van der Waals surface area contributed by atoms with Crippen LogP contribution in [0.5, 0.6) is 0 Å².